The zero-order valence-corrected chi connectivity index (χ0v) is 17.6. The van der Waals surface area contributed by atoms with Gasteiger partial charge in [0.2, 0.25) is 5.91 Å². The summed E-state index contributed by atoms with van der Waals surface area (Å²) in [5.74, 6) is 4.44. The van der Waals surface area contributed by atoms with Gasteiger partial charge in [0.25, 0.3) is 0 Å². The molecular weight excluding hydrogens is 390 g/mol. The second-order valence-electron chi connectivity index (χ2n) is 7.52. The number of hydrogen-bond donors (Lipinski definition) is 4. The number of aliphatic hydroxyl groups excluding tert-OH is 1. The van der Waals surface area contributed by atoms with Gasteiger partial charge in [-0.3, -0.25) is 4.79 Å². The lowest BCUT2D eigenvalue weighted by Crippen LogP contribution is -2.53. The molecule has 0 aliphatic carbocycles. The summed E-state index contributed by atoms with van der Waals surface area (Å²) in [7, 11) is 0. The van der Waals surface area contributed by atoms with E-state index in [9.17, 15) is 24.6 Å². The molecule has 30 heavy (non-hydrogen) atoms. The van der Waals surface area contributed by atoms with E-state index in [1.165, 1.54) is 6.92 Å². The zero-order valence-electron chi connectivity index (χ0n) is 17.6. The van der Waals surface area contributed by atoms with Gasteiger partial charge in [-0.05, 0) is 33.3 Å². The van der Waals surface area contributed by atoms with Crippen LogP contribution in [0.4, 0.5) is 9.59 Å². The van der Waals surface area contributed by atoms with Gasteiger partial charge in [0.05, 0.1) is 6.04 Å². The van der Waals surface area contributed by atoms with Crippen LogP contribution in [0.3, 0.4) is 0 Å². The minimum Gasteiger partial charge on any atom is -0.465 e. The number of aliphatic hydroxyl groups is 1. The van der Waals surface area contributed by atoms with Gasteiger partial charge in [0, 0.05) is 13.1 Å². The molecule has 0 unspecified atom stereocenters. The Kier molecular flexibility index (Phi) is 9.65. The fourth-order valence-electron chi connectivity index (χ4n) is 2.45. The largest absolute Gasteiger partial charge is 0.465 e. The molecule has 1 aromatic rings. The molecule has 1 aromatic carbocycles. The maximum Gasteiger partial charge on any atom is 0.408 e. The lowest BCUT2D eigenvalue weighted by atomic mass is 10.1. The topological polar surface area (TPSA) is 128 Å². The molecule has 9 nitrogen and oxygen atoms in total. The number of alkyl carbamates (subject to hydrolysis) is 1. The monoisotopic (exact) mass is 419 g/mol. The van der Waals surface area contributed by atoms with Crippen molar-refractivity contribution in [2.45, 2.75) is 52.0 Å². The molecule has 0 aliphatic heterocycles. The number of ether oxygens (including phenoxy) is 1. The molecule has 9 heteroatoms. The number of nitrogens with zero attached hydrogens (tertiary/aromatic N) is 1. The molecule has 3 amide bonds. The Bertz CT molecular complexity index is 779. The predicted molar refractivity (Wildman–Crippen MR) is 111 cm³/mol. The third-order valence-corrected chi connectivity index (χ3v) is 3.72. The SMILES string of the molecule is CC#C[C@H](O)[C@H](CN(Cc1ccccc1)C(=O)O)NC(=O)CNC(=O)OC(C)(C)C. The Morgan fingerprint density at radius 3 is 2.37 bits per heavy atom. The second kappa shape index (κ2) is 11.7. The summed E-state index contributed by atoms with van der Waals surface area (Å²) in [4.78, 5) is 36.7. The van der Waals surface area contributed by atoms with Crippen LogP contribution in [0, 0.1) is 11.8 Å². The highest BCUT2D eigenvalue weighted by Crippen LogP contribution is 2.08. The lowest BCUT2D eigenvalue weighted by molar-refractivity contribution is -0.121. The van der Waals surface area contributed by atoms with Gasteiger partial charge < -0.3 is 30.5 Å². The van der Waals surface area contributed by atoms with E-state index >= 15 is 0 Å². The van der Waals surface area contributed by atoms with Crippen LogP contribution in [-0.4, -0.2) is 64.0 Å². The Hall–Kier alpha value is -3.25. The summed E-state index contributed by atoms with van der Waals surface area (Å²) >= 11 is 0. The van der Waals surface area contributed by atoms with Crippen molar-refractivity contribution in [3.8, 4) is 11.8 Å². The summed E-state index contributed by atoms with van der Waals surface area (Å²) < 4.78 is 5.05. The first-order valence-corrected chi connectivity index (χ1v) is 9.40. The van der Waals surface area contributed by atoms with Crippen molar-refractivity contribution >= 4 is 18.1 Å². The van der Waals surface area contributed by atoms with Crippen LogP contribution < -0.4 is 10.6 Å². The first kappa shape index (κ1) is 24.8. The first-order valence-electron chi connectivity index (χ1n) is 9.40. The normalized spacial score (nSPS) is 12.6. The third kappa shape index (κ3) is 9.80. The highest BCUT2D eigenvalue weighted by Gasteiger charge is 2.26. The van der Waals surface area contributed by atoms with E-state index in [1.54, 1.807) is 45.0 Å². The van der Waals surface area contributed by atoms with Gasteiger partial charge in [-0.15, -0.1) is 5.92 Å². The van der Waals surface area contributed by atoms with Crippen molar-refractivity contribution in [1.29, 1.82) is 0 Å². The van der Waals surface area contributed by atoms with Crippen LogP contribution in [0.25, 0.3) is 0 Å². The maximum absolute atomic E-state index is 12.2. The van der Waals surface area contributed by atoms with E-state index in [0.717, 1.165) is 10.5 Å². The molecule has 0 aromatic heterocycles. The van der Waals surface area contributed by atoms with E-state index in [2.05, 4.69) is 22.5 Å². The second-order valence-corrected chi connectivity index (χ2v) is 7.52. The van der Waals surface area contributed by atoms with Crippen molar-refractivity contribution in [2.24, 2.45) is 0 Å². The molecule has 0 radical (unpaired) electrons. The number of benzene rings is 1. The van der Waals surface area contributed by atoms with E-state index in [4.69, 9.17) is 4.74 Å². The number of nitrogens with one attached hydrogen (secondary N) is 2. The molecule has 0 bridgehead atoms. The van der Waals surface area contributed by atoms with E-state index in [-0.39, 0.29) is 13.1 Å². The van der Waals surface area contributed by atoms with Crippen molar-refractivity contribution in [3.05, 3.63) is 35.9 Å². The van der Waals surface area contributed by atoms with Gasteiger partial charge >= 0.3 is 12.2 Å². The smallest absolute Gasteiger partial charge is 0.408 e. The third-order valence-electron chi connectivity index (χ3n) is 3.72. The predicted octanol–water partition coefficient (Wildman–Crippen LogP) is 1.56. The molecule has 164 valence electrons. The maximum atomic E-state index is 12.2. The molecule has 2 atom stereocenters. The standard InChI is InChI=1S/C21H29N3O6/c1-5-9-17(25)16(23-18(26)12-22-19(27)30-21(2,3)4)14-24(20(28)29)13-15-10-7-6-8-11-15/h6-8,10-11,16-17,25H,12-14H2,1-4H3,(H,22,27)(H,23,26)(H,28,29)/t16-,17-/m0/s1. The summed E-state index contributed by atoms with van der Waals surface area (Å²) in [5.41, 5.74) is 0.0442. The van der Waals surface area contributed by atoms with E-state index in [0.29, 0.717) is 0 Å². The number of amides is 3. The van der Waals surface area contributed by atoms with Gasteiger partial charge in [-0.2, -0.15) is 0 Å². The quantitative estimate of drug-likeness (QED) is 0.474. The fraction of sp³-hybridized carbons (Fsp3) is 0.476. The van der Waals surface area contributed by atoms with E-state index < -0.39 is 42.4 Å². The average molecular weight is 419 g/mol. The average Bonchev–Trinajstić information content (AvgIpc) is 2.64. The number of carboxylic acid groups (broad SMARTS) is 1. The van der Waals surface area contributed by atoms with Crippen LogP contribution in [-0.2, 0) is 16.1 Å². The molecule has 1 rings (SSSR count). The Labute approximate surface area is 176 Å². The summed E-state index contributed by atoms with van der Waals surface area (Å²) in [6.07, 6.45) is -3.26. The number of carbonyl (C=O) groups excluding carboxylic acids is 2. The van der Waals surface area contributed by atoms with Crippen LogP contribution in [0.15, 0.2) is 30.3 Å². The van der Waals surface area contributed by atoms with Gasteiger partial charge in [-0.1, -0.05) is 36.3 Å². The van der Waals surface area contributed by atoms with Crippen molar-refractivity contribution in [1.82, 2.24) is 15.5 Å². The number of rotatable bonds is 8. The molecule has 0 saturated carbocycles. The summed E-state index contributed by atoms with van der Waals surface area (Å²) in [6, 6.07) is 7.94. The van der Waals surface area contributed by atoms with Crippen LogP contribution in [0.2, 0.25) is 0 Å². The summed E-state index contributed by atoms with van der Waals surface area (Å²) in [5, 5.41) is 24.6. The van der Waals surface area contributed by atoms with Crippen LogP contribution >= 0.6 is 0 Å². The molecule has 0 fully saturated rings. The Morgan fingerprint density at radius 2 is 1.83 bits per heavy atom. The molecule has 0 aliphatic rings. The Balaban J connectivity index is 2.79. The van der Waals surface area contributed by atoms with Crippen LogP contribution in [0.1, 0.15) is 33.3 Å². The van der Waals surface area contributed by atoms with Crippen LogP contribution in [0.5, 0.6) is 0 Å². The zero-order chi connectivity index (χ0) is 22.7. The molecule has 0 spiro atoms. The fourth-order valence-corrected chi connectivity index (χ4v) is 2.45. The summed E-state index contributed by atoms with van der Waals surface area (Å²) in [6.45, 7) is 6.07. The van der Waals surface area contributed by atoms with E-state index in [1.807, 2.05) is 6.07 Å². The number of hydrogen-bond acceptors (Lipinski definition) is 5. The van der Waals surface area contributed by atoms with Gasteiger partial charge in [-0.25, -0.2) is 9.59 Å². The highest BCUT2D eigenvalue weighted by molar-refractivity contribution is 5.82. The first-order chi connectivity index (χ1) is 14.0. The lowest BCUT2D eigenvalue weighted by Gasteiger charge is -2.28. The van der Waals surface area contributed by atoms with Gasteiger partial charge in [0.15, 0.2) is 0 Å². The Morgan fingerprint density at radius 1 is 1.20 bits per heavy atom. The van der Waals surface area contributed by atoms with Crippen molar-refractivity contribution in [2.75, 3.05) is 13.1 Å². The van der Waals surface area contributed by atoms with Crippen molar-refractivity contribution in [3.63, 3.8) is 0 Å². The minimum atomic E-state index is -1.29. The molecule has 4 N–H and O–H groups in total. The number of carbonyl (C=O) groups is 3. The molecular formula is C21H29N3O6. The molecule has 0 saturated heterocycles. The molecule has 0 heterocycles. The van der Waals surface area contributed by atoms with Gasteiger partial charge in [0.1, 0.15) is 18.2 Å². The van der Waals surface area contributed by atoms with Crippen molar-refractivity contribution < 1.29 is 29.3 Å². The highest BCUT2D eigenvalue weighted by atomic mass is 16.6. The minimum absolute atomic E-state index is 0.0744.